The van der Waals surface area contributed by atoms with Gasteiger partial charge in [-0.3, -0.25) is 0 Å². The van der Waals surface area contributed by atoms with Crippen LogP contribution < -0.4 is 0 Å². The maximum Gasteiger partial charge on any atom is 0.218 e. The van der Waals surface area contributed by atoms with E-state index in [0.717, 1.165) is 10.6 Å². The second-order valence-electron chi connectivity index (χ2n) is 4.21. The zero-order chi connectivity index (χ0) is 15.6. The van der Waals surface area contributed by atoms with Crippen molar-refractivity contribution in [2.75, 3.05) is 0 Å². The van der Waals surface area contributed by atoms with E-state index in [0.29, 0.717) is 25.0 Å². The normalized spacial score (nSPS) is 10.6. The fraction of sp³-hybridized carbons (Fsp3) is 0. The molecule has 0 aliphatic carbocycles. The van der Waals surface area contributed by atoms with E-state index >= 15 is 0 Å². The van der Waals surface area contributed by atoms with E-state index in [1.54, 1.807) is 0 Å². The molecule has 0 aliphatic heterocycles. The lowest BCUT2D eigenvalue weighted by molar-refractivity contribution is 1.04. The fourth-order valence-electron chi connectivity index (χ4n) is 1.76. The van der Waals surface area contributed by atoms with Gasteiger partial charge in [0.1, 0.15) is 11.1 Å². The Hall–Kier alpha value is -2.61. The van der Waals surface area contributed by atoms with Gasteiger partial charge in [-0.2, -0.15) is 5.26 Å². The Morgan fingerprint density at radius 3 is 1.78 bits per heavy atom. The average Bonchev–Trinajstić information content (AvgIpc) is 3.33. The molecule has 110 valence electrons. The predicted molar refractivity (Wildman–Crippen MR) is 87.9 cm³/mol. The van der Waals surface area contributed by atoms with Gasteiger partial charge in [0.2, 0.25) is 5.01 Å². The number of nitriles is 1. The second-order valence-corrected chi connectivity index (χ2v) is 7.15. The summed E-state index contributed by atoms with van der Waals surface area (Å²) in [5.41, 5.74) is 1.02. The molecule has 0 saturated carbocycles. The van der Waals surface area contributed by atoms with E-state index in [1.807, 2.05) is 36.4 Å². The summed E-state index contributed by atoms with van der Waals surface area (Å²) in [6.07, 6.45) is 0. The molecule has 0 radical (unpaired) electrons. The smallest absolute Gasteiger partial charge is 0.190 e. The average molecular weight is 355 g/mol. The van der Waals surface area contributed by atoms with Crippen LogP contribution in [-0.4, -0.2) is 30.6 Å². The van der Waals surface area contributed by atoms with Crippen molar-refractivity contribution in [3.05, 3.63) is 35.3 Å². The molecule has 7 nitrogen and oxygen atoms in total. The van der Waals surface area contributed by atoms with Crippen LogP contribution in [0.4, 0.5) is 0 Å². The molecule has 0 N–H and O–H groups in total. The Balaban J connectivity index is 1.65. The predicted octanol–water partition coefficient (Wildman–Crippen LogP) is 3.11. The molecule has 0 amide bonds. The molecule has 0 fully saturated rings. The molecule has 0 bridgehead atoms. The van der Waals surface area contributed by atoms with Crippen LogP contribution in [-0.2, 0) is 0 Å². The van der Waals surface area contributed by atoms with Crippen LogP contribution in [0.5, 0.6) is 0 Å². The molecule has 1 aromatic carbocycles. The molecule has 0 saturated heterocycles. The highest BCUT2D eigenvalue weighted by Gasteiger charge is 2.16. The third-order valence-electron chi connectivity index (χ3n) is 2.76. The lowest BCUT2D eigenvalue weighted by Crippen LogP contribution is -1.77. The topological polar surface area (TPSA) is 101 Å². The minimum absolute atomic E-state index is 0.305. The van der Waals surface area contributed by atoms with Crippen LogP contribution in [0.15, 0.2) is 30.3 Å². The van der Waals surface area contributed by atoms with Gasteiger partial charge in [0.05, 0.1) is 0 Å². The second kappa shape index (κ2) is 5.88. The monoisotopic (exact) mass is 355 g/mol. The van der Waals surface area contributed by atoms with Crippen molar-refractivity contribution in [2.24, 2.45) is 0 Å². The van der Waals surface area contributed by atoms with E-state index < -0.39 is 0 Å². The van der Waals surface area contributed by atoms with Crippen molar-refractivity contribution < 1.29 is 0 Å². The molecule has 3 heterocycles. The minimum atomic E-state index is 0.305. The van der Waals surface area contributed by atoms with E-state index in [9.17, 15) is 0 Å². The fourth-order valence-corrected chi connectivity index (χ4v) is 4.11. The zero-order valence-corrected chi connectivity index (χ0v) is 13.7. The summed E-state index contributed by atoms with van der Waals surface area (Å²) in [5.74, 6) is 0. The van der Waals surface area contributed by atoms with E-state index in [1.165, 1.54) is 34.0 Å². The first-order valence-electron chi connectivity index (χ1n) is 6.30. The number of benzene rings is 1. The Bertz CT molecular complexity index is 996. The summed E-state index contributed by atoms with van der Waals surface area (Å²) in [6, 6.07) is 11.8. The molecule has 0 spiro atoms. The van der Waals surface area contributed by atoms with Crippen molar-refractivity contribution >= 4 is 34.0 Å². The maximum absolute atomic E-state index is 8.80. The first-order valence-corrected chi connectivity index (χ1v) is 8.75. The molecule has 0 atom stereocenters. The zero-order valence-electron chi connectivity index (χ0n) is 11.2. The van der Waals surface area contributed by atoms with Crippen molar-refractivity contribution in [1.82, 2.24) is 30.6 Å². The van der Waals surface area contributed by atoms with E-state index in [-0.39, 0.29) is 0 Å². The lowest BCUT2D eigenvalue weighted by atomic mass is 10.2. The first-order chi connectivity index (χ1) is 11.3. The van der Waals surface area contributed by atoms with Crippen molar-refractivity contribution in [3.63, 3.8) is 0 Å². The van der Waals surface area contributed by atoms with Gasteiger partial charge in [-0.25, -0.2) is 0 Å². The van der Waals surface area contributed by atoms with Crippen LogP contribution >= 0.6 is 34.0 Å². The van der Waals surface area contributed by atoms with Gasteiger partial charge in [0.15, 0.2) is 20.0 Å². The van der Waals surface area contributed by atoms with Crippen molar-refractivity contribution in [3.8, 4) is 36.7 Å². The lowest BCUT2D eigenvalue weighted by Gasteiger charge is -1.91. The Morgan fingerprint density at radius 2 is 1.17 bits per heavy atom. The minimum Gasteiger partial charge on any atom is -0.190 e. The molecule has 4 rings (SSSR count). The SMILES string of the molecule is N#Cc1nnc(-c2nnc(-c3nnc(-c4ccccc4)s3)s2)s1. The third kappa shape index (κ3) is 2.72. The molecular formula is C13H5N7S3. The van der Waals surface area contributed by atoms with Crippen molar-refractivity contribution in [2.45, 2.75) is 0 Å². The first kappa shape index (κ1) is 14.0. The summed E-state index contributed by atoms with van der Waals surface area (Å²) in [5, 5.41) is 36.8. The van der Waals surface area contributed by atoms with Gasteiger partial charge >= 0.3 is 0 Å². The van der Waals surface area contributed by atoms with Crippen LogP contribution in [0, 0.1) is 11.3 Å². The summed E-state index contributed by atoms with van der Waals surface area (Å²) < 4.78 is 0. The number of hydrogen-bond donors (Lipinski definition) is 0. The molecule has 4 aromatic rings. The van der Waals surface area contributed by atoms with Gasteiger partial charge in [0, 0.05) is 5.56 Å². The highest BCUT2D eigenvalue weighted by Crippen LogP contribution is 2.34. The van der Waals surface area contributed by atoms with Crippen molar-refractivity contribution in [1.29, 1.82) is 5.26 Å². The van der Waals surface area contributed by atoms with Crippen LogP contribution in [0.25, 0.3) is 30.6 Å². The summed E-state index contributed by atoms with van der Waals surface area (Å²) in [7, 11) is 0. The van der Waals surface area contributed by atoms with Crippen LogP contribution in [0.3, 0.4) is 0 Å². The number of hydrogen-bond acceptors (Lipinski definition) is 10. The Morgan fingerprint density at radius 1 is 0.652 bits per heavy atom. The quantitative estimate of drug-likeness (QED) is 0.556. The number of nitrogens with zero attached hydrogens (tertiary/aromatic N) is 7. The highest BCUT2D eigenvalue weighted by atomic mass is 32.1. The summed E-state index contributed by atoms with van der Waals surface area (Å²) in [4.78, 5) is 0. The Kier molecular flexibility index (Phi) is 3.58. The van der Waals surface area contributed by atoms with Gasteiger partial charge in [-0.15, -0.1) is 30.6 Å². The summed E-state index contributed by atoms with van der Waals surface area (Å²) >= 11 is 4.00. The number of aromatic nitrogens is 6. The van der Waals surface area contributed by atoms with E-state index in [2.05, 4.69) is 30.6 Å². The third-order valence-corrected chi connectivity index (χ3v) is 5.77. The molecule has 0 unspecified atom stereocenters. The van der Waals surface area contributed by atoms with Gasteiger partial charge in [-0.05, 0) is 0 Å². The van der Waals surface area contributed by atoms with Crippen LogP contribution in [0.2, 0.25) is 0 Å². The summed E-state index contributed by atoms with van der Waals surface area (Å²) in [6.45, 7) is 0. The van der Waals surface area contributed by atoms with Crippen LogP contribution in [0.1, 0.15) is 5.01 Å². The molecule has 0 aliphatic rings. The largest absolute Gasteiger partial charge is 0.218 e. The Labute approximate surface area is 142 Å². The van der Waals surface area contributed by atoms with Gasteiger partial charge < -0.3 is 0 Å². The maximum atomic E-state index is 8.80. The molecule has 3 aromatic heterocycles. The highest BCUT2D eigenvalue weighted by molar-refractivity contribution is 7.26. The number of rotatable bonds is 3. The molecular weight excluding hydrogens is 350 g/mol. The molecule has 23 heavy (non-hydrogen) atoms. The van der Waals surface area contributed by atoms with E-state index in [4.69, 9.17) is 5.26 Å². The van der Waals surface area contributed by atoms with Gasteiger partial charge in [-0.1, -0.05) is 64.3 Å². The standard InChI is InChI=1S/C13H5N7S3/c14-6-8-15-17-10(21-8)11-19-20-13(23-11)12-18-16-9(22-12)7-4-2-1-3-5-7/h1-5H. The molecule has 10 heteroatoms. The van der Waals surface area contributed by atoms with Gasteiger partial charge in [0.25, 0.3) is 0 Å².